The first-order chi connectivity index (χ1) is 9.28. The van der Waals surface area contributed by atoms with Crippen molar-refractivity contribution in [1.29, 1.82) is 0 Å². The molecule has 4 rings (SSSR count). The number of nitrogens with zero attached hydrogens (tertiary/aromatic N) is 1. The Labute approximate surface area is 115 Å². The van der Waals surface area contributed by atoms with Gasteiger partial charge in [0.1, 0.15) is 0 Å². The Bertz CT molecular complexity index is 378. The Kier molecular flexibility index (Phi) is 2.85. The summed E-state index contributed by atoms with van der Waals surface area (Å²) in [6, 6.07) is 1.08. The number of hydrogen-bond donors (Lipinski definition) is 2. The zero-order valence-electron chi connectivity index (χ0n) is 11.7. The third-order valence-corrected chi connectivity index (χ3v) is 6.04. The first-order valence-corrected chi connectivity index (χ1v) is 8.04. The van der Waals surface area contributed by atoms with Crippen molar-refractivity contribution in [3.8, 4) is 0 Å². The average molecular weight is 263 g/mol. The van der Waals surface area contributed by atoms with Crippen molar-refractivity contribution in [1.82, 2.24) is 15.5 Å². The van der Waals surface area contributed by atoms with Crippen molar-refractivity contribution >= 4 is 5.91 Å². The van der Waals surface area contributed by atoms with Crippen LogP contribution in [0.3, 0.4) is 0 Å². The van der Waals surface area contributed by atoms with Gasteiger partial charge in [0.2, 0.25) is 5.91 Å². The monoisotopic (exact) mass is 263 g/mol. The van der Waals surface area contributed by atoms with Gasteiger partial charge in [-0.05, 0) is 63.6 Å². The molecule has 4 nitrogen and oxygen atoms in total. The number of hydrogen-bond acceptors (Lipinski definition) is 3. The molecule has 3 aliphatic heterocycles. The summed E-state index contributed by atoms with van der Waals surface area (Å²) in [5.41, 5.74) is 0.378. The van der Waals surface area contributed by atoms with Gasteiger partial charge in [0, 0.05) is 24.5 Å². The summed E-state index contributed by atoms with van der Waals surface area (Å²) in [7, 11) is 0. The van der Waals surface area contributed by atoms with E-state index in [1.54, 1.807) is 0 Å². The zero-order valence-corrected chi connectivity index (χ0v) is 11.7. The predicted molar refractivity (Wildman–Crippen MR) is 73.8 cm³/mol. The highest BCUT2D eigenvalue weighted by atomic mass is 16.2. The van der Waals surface area contributed by atoms with Crippen LogP contribution in [-0.2, 0) is 4.79 Å². The SMILES string of the molecule is O=C(NC1CCN2CCCC12)C1CC12CCNCC2. The number of amides is 1. The number of carbonyl (C=O) groups is 1. The fourth-order valence-corrected chi connectivity index (χ4v) is 4.73. The maximum absolute atomic E-state index is 12.5. The lowest BCUT2D eigenvalue weighted by Crippen LogP contribution is -2.44. The Morgan fingerprint density at radius 3 is 2.89 bits per heavy atom. The van der Waals surface area contributed by atoms with Crippen LogP contribution in [0.4, 0.5) is 0 Å². The van der Waals surface area contributed by atoms with Crippen LogP contribution >= 0.6 is 0 Å². The Morgan fingerprint density at radius 1 is 1.21 bits per heavy atom. The minimum absolute atomic E-state index is 0.324. The van der Waals surface area contributed by atoms with Crippen molar-refractivity contribution in [2.45, 2.75) is 50.6 Å². The van der Waals surface area contributed by atoms with Gasteiger partial charge >= 0.3 is 0 Å². The summed E-state index contributed by atoms with van der Waals surface area (Å²) in [5.74, 6) is 0.686. The van der Waals surface area contributed by atoms with Gasteiger partial charge in [-0.2, -0.15) is 0 Å². The first-order valence-electron chi connectivity index (χ1n) is 8.04. The van der Waals surface area contributed by atoms with E-state index in [1.165, 1.54) is 38.8 Å². The standard InChI is InChI=1S/C15H25N3O/c19-14(11-10-15(11)4-6-16-7-5-15)17-12-3-9-18-8-1-2-13(12)18/h11-13,16H,1-10H2,(H,17,19). The summed E-state index contributed by atoms with van der Waals surface area (Å²) in [4.78, 5) is 15.0. The summed E-state index contributed by atoms with van der Waals surface area (Å²) in [5, 5.41) is 6.79. The van der Waals surface area contributed by atoms with Gasteiger partial charge in [-0.25, -0.2) is 0 Å². The maximum atomic E-state index is 12.5. The molecule has 4 aliphatic rings. The molecule has 4 fully saturated rings. The van der Waals surface area contributed by atoms with Crippen molar-refractivity contribution in [2.24, 2.45) is 11.3 Å². The van der Waals surface area contributed by atoms with Crippen LogP contribution in [0, 0.1) is 11.3 Å². The molecule has 0 aromatic rings. The lowest BCUT2D eigenvalue weighted by Gasteiger charge is -2.25. The summed E-state index contributed by atoms with van der Waals surface area (Å²) in [6.07, 6.45) is 7.30. The largest absolute Gasteiger partial charge is 0.351 e. The number of rotatable bonds is 2. The number of carbonyl (C=O) groups excluding carboxylic acids is 1. The fourth-order valence-electron chi connectivity index (χ4n) is 4.73. The van der Waals surface area contributed by atoms with Crippen molar-refractivity contribution in [3.05, 3.63) is 0 Å². The Hall–Kier alpha value is -0.610. The lowest BCUT2D eigenvalue weighted by molar-refractivity contribution is -0.124. The van der Waals surface area contributed by atoms with Crippen LogP contribution in [0.5, 0.6) is 0 Å². The predicted octanol–water partition coefficient (Wildman–Crippen LogP) is 0.729. The van der Waals surface area contributed by atoms with Crippen molar-refractivity contribution in [2.75, 3.05) is 26.2 Å². The molecule has 2 N–H and O–H groups in total. The second-order valence-electron chi connectivity index (χ2n) is 7.02. The van der Waals surface area contributed by atoms with Gasteiger partial charge in [0.15, 0.2) is 0 Å². The molecular weight excluding hydrogens is 238 g/mol. The third kappa shape index (κ3) is 2.00. The number of nitrogens with one attached hydrogen (secondary N) is 2. The van der Waals surface area contributed by atoms with Crippen molar-refractivity contribution < 1.29 is 4.79 Å². The quantitative estimate of drug-likeness (QED) is 0.772. The van der Waals surface area contributed by atoms with E-state index in [2.05, 4.69) is 15.5 Å². The van der Waals surface area contributed by atoms with E-state index in [9.17, 15) is 4.79 Å². The molecule has 4 heteroatoms. The minimum atomic E-state index is 0.324. The zero-order chi connectivity index (χ0) is 12.9. The van der Waals surface area contributed by atoms with E-state index in [4.69, 9.17) is 0 Å². The van der Waals surface area contributed by atoms with Gasteiger partial charge in [0.25, 0.3) is 0 Å². The molecule has 1 amide bonds. The molecule has 3 unspecified atom stereocenters. The van der Waals surface area contributed by atoms with Crippen LogP contribution in [0.2, 0.25) is 0 Å². The molecule has 3 atom stereocenters. The van der Waals surface area contributed by atoms with Crippen LogP contribution in [0.15, 0.2) is 0 Å². The highest BCUT2D eigenvalue weighted by Gasteiger charge is 2.58. The first kappa shape index (κ1) is 12.2. The van der Waals surface area contributed by atoms with Gasteiger partial charge in [-0.15, -0.1) is 0 Å². The lowest BCUT2D eigenvalue weighted by atomic mass is 9.91. The third-order valence-electron chi connectivity index (χ3n) is 6.04. The molecule has 0 aromatic heterocycles. The number of fused-ring (bicyclic) bond motifs is 1. The number of piperidine rings is 1. The molecule has 19 heavy (non-hydrogen) atoms. The highest BCUT2D eigenvalue weighted by molar-refractivity contribution is 5.83. The second-order valence-corrected chi connectivity index (χ2v) is 7.02. The molecule has 0 aromatic carbocycles. The van der Waals surface area contributed by atoms with Crippen LogP contribution < -0.4 is 10.6 Å². The van der Waals surface area contributed by atoms with Crippen LogP contribution in [0.1, 0.15) is 38.5 Å². The van der Waals surface area contributed by atoms with E-state index in [0.717, 1.165) is 25.9 Å². The summed E-state index contributed by atoms with van der Waals surface area (Å²) >= 11 is 0. The Balaban J connectivity index is 1.35. The van der Waals surface area contributed by atoms with Gasteiger partial charge in [0.05, 0.1) is 0 Å². The van der Waals surface area contributed by atoms with Gasteiger partial charge < -0.3 is 10.6 Å². The van der Waals surface area contributed by atoms with E-state index in [1.807, 2.05) is 0 Å². The van der Waals surface area contributed by atoms with Crippen molar-refractivity contribution in [3.63, 3.8) is 0 Å². The minimum Gasteiger partial charge on any atom is -0.351 e. The molecule has 1 saturated carbocycles. The smallest absolute Gasteiger partial charge is 0.223 e. The molecule has 1 aliphatic carbocycles. The summed E-state index contributed by atoms with van der Waals surface area (Å²) < 4.78 is 0. The fraction of sp³-hybridized carbons (Fsp3) is 0.933. The molecule has 106 valence electrons. The second kappa shape index (κ2) is 4.45. The van der Waals surface area contributed by atoms with Crippen LogP contribution in [0.25, 0.3) is 0 Å². The highest BCUT2D eigenvalue weighted by Crippen LogP contribution is 2.58. The van der Waals surface area contributed by atoms with Gasteiger partial charge in [-0.3, -0.25) is 9.69 Å². The maximum Gasteiger partial charge on any atom is 0.223 e. The molecule has 3 saturated heterocycles. The topological polar surface area (TPSA) is 44.4 Å². The molecule has 1 spiro atoms. The van der Waals surface area contributed by atoms with Crippen LogP contribution in [-0.4, -0.2) is 49.1 Å². The molecule has 3 heterocycles. The van der Waals surface area contributed by atoms with E-state index in [-0.39, 0.29) is 0 Å². The Morgan fingerprint density at radius 2 is 2.05 bits per heavy atom. The average Bonchev–Trinajstić information content (AvgIpc) is 2.78. The molecule has 0 bridgehead atoms. The van der Waals surface area contributed by atoms with E-state index >= 15 is 0 Å². The molecular formula is C15H25N3O. The van der Waals surface area contributed by atoms with E-state index < -0.39 is 0 Å². The normalized spacial score (nSPS) is 40.3. The van der Waals surface area contributed by atoms with Gasteiger partial charge in [-0.1, -0.05) is 0 Å². The summed E-state index contributed by atoms with van der Waals surface area (Å²) in [6.45, 7) is 4.64. The molecule has 0 radical (unpaired) electrons. The van der Waals surface area contributed by atoms with E-state index in [0.29, 0.717) is 29.3 Å².